The lowest BCUT2D eigenvalue weighted by atomic mass is 9.97. The molecule has 0 aliphatic heterocycles. The first-order valence-corrected chi connectivity index (χ1v) is 35.5. The number of benzene rings is 12. The zero-order valence-corrected chi connectivity index (χ0v) is 60.8. The van der Waals surface area contributed by atoms with E-state index in [1.165, 1.54) is 200 Å². The molecule has 12 aromatic rings. The summed E-state index contributed by atoms with van der Waals surface area (Å²) in [5.74, 6) is 1.09. The summed E-state index contributed by atoms with van der Waals surface area (Å²) < 4.78 is 0. The highest BCUT2D eigenvalue weighted by atomic mass is 14.3. The Labute approximate surface area is 665 Å². The van der Waals surface area contributed by atoms with Crippen LogP contribution in [0.3, 0.4) is 0 Å². The van der Waals surface area contributed by atoms with Gasteiger partial charge in [-0.15, -0.1) is 0 Å². The van der Waals surface area contributed by atoms with E-state index in [9.17, 15) is 0 Å². The van der Waals surface area contributed by atoms with Crippen LogP contribution >= 0.6 is 0 Å². The highest BCUT2D eigenvalue weighted by Crippen LogP contribution is 2.47. The fourth-order valence-corrected chi connectivity index (χ4v) is 15.4. The average Bonchev–Trinajstić information content (AvgIpc) is 1.62. The summed E-state index contributed by atoms with van der Waals surface area (Å²) in [5, 5.41) is 0. The van der Waals surface area contributed by atoms with Crippen molar-refractivity contribution in [2.45, 2.75) is 251 Å². The van der Waals surface area contributed by atoms with Crippen molar-refractivity contribution in [1.82, 2.24) is 0 Å². The zero-order chi connectivity index (χ0) is 68.2. The third kappa shape index (κ3) is 21.5. The van der Waals surface area contributed by atoms with Crippen LogP contribution in [-0.2, 0) is 25.7 Å². The maximum Gasteiger partial charge on any atom is 0.00735 e. The van der Waals surface area contributed by atoms with Crippen LogP contribution in [0.25, 0.3) is 66.8 Å². The monoisotopic (exact) mass is 1450 g/mol. The summed E-state index contributed by atoms with van der Waals surface area (Å²) in [6, 6.07) is 81.4. The van der Waals surface area contributed by atoms with Crippen LogP contribution in [0.4, 0.5) is 0 Å². The van der Waals surface area contributed by atoms with E-state index in [0.29, 0.717) is 11.8 Å². The van der Waals surface area contributed by atoms with Gasteiger partial charge in [0.15, 0.2) is 0 Å². The summed E-state index contributed by atoms with van der Waals surface area (Å²) >= 11 is 0. The summed E-state index contributed by atoms with van der Waals surface area (Å²) in [5.41, 5.74) is 51.2. The Morgan fingerprint density at radius 3 is 0.380 bits per heavy atom. The molecule has 6 aliphatic carbocycles. The summed E-state index contributed by atoms with van der Waals surface area (Å²) in [6.07, 6.45) is 4.42. The van der Waals surface area contributed by atoms with Gasteiger partial charge in [-0.05, 0) is 242 Å². The van der Waals surface area contributed by atoms with E-state index < -0.39 is 0 Å². The second-order valence-electron chi connectivity index (χ2n) is 27.8. The second-order valence-corrected chi connectivity index (χ2v) is 27.8. The molecule has 0 heteroatoms. The van der Waals surface area contributed by atoms with Gasteiger partial charge in [0.2, 0.25) is 0 Å². The van der Waals surface area contributed by atoms with Gasteiger partial charge in [0.1, 0.15) is 0 Å². The van der Waals surface area contributed by atoms with Crippen molar-refractivity contribution in [1.29, 1.82) is 0 Å². The molecule has 0 saturated heterocycles. The van der Waals surface area contributed by atoms with E-state index >= 15 is 0 Å². The van der Waals surface area contributed by atoms with E-state index in [1.54, 1.807) is 0 Å². The molecule has 0 saturated carbocycles. The molecule has 0 amide bonds. The van der Waals surface area contributed by atoms with Crippen LogP contribution in [0.2, 0.25) is 0 Å². The third-order valence-electron chi connectivity index (χ3n) is 20.0. The fraction of sp³-hybridized carbons (Fsp3) is 0.333. The zero-order valence-electron chi connectivity index (χ0n) is 60.8. The molecular weight excluding hydrogens is 1300 g/mol. The van der Waals surface area contributed by atoms with E-state index in [4.69, 9.17) is 0 Å². The maximum absolute atomic E-state index is 2.33. The van der Waals surface area contributed by atoms with Crippen molar-refractivity contribution in [2.24, 2.45) is 0 Å². The minimum atomic E-state index is 0. The standard InChI is InChI=1S/2C16H16.4C15H14.2C2H6.12CH4/c2*1-10-4-6-13-14-7-5-11(2)9-16(14)12(3)15(13)8-10;4*1-10-3-5-14-12(7-10)9-13-8-11(2)4-6-15(13)14;2*1-2;;;;;;;;;;;;/h2*4-9,12H,1-3H3;4*3-8H,9H2,1-2H3;2*1-2H3;12*1H4. The SMILES string of the molecule is C.C.C.C.C.C.C.C.C.C.C.C.CC.CC.Cc1ccc2c(c1)C(C)c1cc(C)ccc1-2.Cc1ccc2c(c1)C(C)c1cc(C)ccc1-2.Cc1ccc2c(c1)Cc1cc(C)ccc1-2.Cc1ccc2c(c1)Cc1cc(C)ccc1-2.Cc1ccc2c(c1)Cc1cc(C)ccc1-2.Cc1ccc2c(c1)Cc1cc(C)ccc1-2. The van der Waals surface area contributed by atoms with Gasteiger partial charge in [-0.3, -0.25) is 0 Å². The molecule has 0 radical (unpaired) electrons. The molecular formula is C108H148. The Morgan fingerprint density at radius 2 is 0.259 bits per heavy atom. The lowest BCUT2D eigenvalue weighted by Crippen LogP contribution is -1.90. The van der Waals surface area contributed by atoms with Crippen molar-refractivity contribution in [3.05, 3.63) is 352 Å². The van der Waals surface area contributed by atoms with Crippen LogP contribution in [0, 0.1) is 83.1 Å². The molecule has 0 spiro atoms. The first kappa shape index (κ1) is 101. The van der Waals surface area contributed by atoms with E-state index in [2.05, 4.69) is 315 Å². The second kappa shape index (κ2) is 43.6. The summed E-state index contributed by atoms with van der Waals surface area (Å²) in [7, 11) is 0. The number of aryl methyl sites for hydroxylation is 12. The Morgan fingerprint density at radius 1 is 0.157 bits per heavy atom. The maximum atomic E-state index is 2.33. The fourth-order valence-electron chi connectivity index (χ4n) is 15.4. The normalized spacial score (nSPS) is 11.1. The van der Waals surface area contributed by atoms with Crippen molar-refractivity contribution in [2.75, 3.05) is 0 Å². The lowest BCUT2D eigenvalue weighted by Gasteiger charge is -2.07. The predicted molar refractivity (Wildman–Crippen MR) is 498 cm³/mol. The highest BCUT2D eigenvalue weighted by molar-refractivity contribution is 5.83. The van der Waals surface area contributed by atoms with E-state index in [1.807, 2.05) is 27.7 Å². The van der Waals surface area contributed by atoms with Crippen molar-refractivity contribution in [3.8, 4) is 66.8 Å². The van der Waals surface area contributed by atoms with Gasteiger partial charge in [-0.25, -0.2) is 0 Å². The van der Waals surface area contributed by atoms with Crippen molar-refractivity contribution < 1.29 is 0 Å². The first-order chi connectivity index (χ1) is 46.3. The highest BCUT2D eigenvalue weighted by Gasteiger charge is 2.27. The van der Waals surface area contributed by atoms with E-state index in [0.717, 1.165) is 25.7 Å². The minimum absolute atomic E-state index is 0. The largest absolute Gasteiger partial charge is 0.0776 e. The summed E-state index contributed by atoms with van der Waals surface area (Å²) in [4.78, 5) is 0. The van der Waals surface area contributed by atoms with Crippen molar-refractivity contribution >= 4 is 0 Å². The first-order valence-electron chi connectivity index (χ1n) is 35.5. The number of fused-ring (bicyclic) bond motifs is 18. The Hall–Kier alpha value is -9.36. The van der Waals surface area contributed by atoms with Crippen LogP contribution in [-0.4, -0.2) is 0 Å². The smallest absolute Gasteiger partial charge is 0.00735 e. The van der Waals surface area contributed by atoms with Crippen LogP contribution in [0.5, 0.6) is 0 Å². The topological polar surface area (TPSA) is 0 Å². The third-order valence-corrected chi connectivity index (χ3v) is 20.0. The van der Waals surface area contributed by atoms with Crippen LogP contribution in [0.1, 0.15) is 276 Å². The molecule has 0 unspecified atom stereocenters. The van der Waals surface area contributed by atoms with Crippen molar-refractivity contribution in [3.63, 3.8) is 0 Å². The van der Waals surface area contributed by atoms with Gasteiger partial charge < -0.3 is 0 Å². The molecule has 12 aromatic carbocycles. The quantitative estimate of drug-likeness (QED) is 0.142. The summed E-state index contributed by atoms with van der Waals surface area (Å²) in [6.45, 7) is 38.6. The molecule has 0 aromatic heterocycles. The Bertz CT molecular complexity index is 4050. The molecule has 580 valence electrons. The van der Waals surface area contributed by atoms with E-state index in [-0.39, 0.29) is 89.1 Å². The Kier molecular flexibility index (Phi) is 40.6. The molecule has 0 bridgehead atoms. The Balaban J connectivity index is 0. The van der Waals surface area contributed by atoms with Crippen LogP contribution in [0.15, 0.2) is 218 Å². The molecule has 108 heavy (non-hydrogen) atoms. The van der Waals surface area contributed by atoms with Gasteiger partial charge in [-0.1, -0.05) is 416 Å². The number of hydrogen-bond acceptors (Lipinski definition) is 0. The average molecular weight is 1450 g/mol. The molecule has 18 rings (SSSR count). The van der Waals surface area contributed by atoms with Gasteiger partial charge in [0.05, 0.1) is 0 Å². The predicted octanol–water partition coefficient (Wildman–Crippen LogP) is 34.1. The van der Waals surface area contributed by atoms with Gasteiger partial charge >= 0.3 is 0 Å². The number of rotatable bonds is 0. The minimum Gasteiger partial charge on any atom is -0.0776 e. The van der Waals surface area contributed by atoms with Gasteiger partial charge in [-0.2, -0.15) is 0 Å². The molecule has 6 aliphatic rings. The number of hydrogen-bond donors (Lipinski definition) is 0. The molecule has 0 N–H and O–H groups in total. The molecule has 0 heterocycles. The molecule has 0 fully saturated rings. The molecule has 0 atom stereocenters. The lowest BCUT2D eigenvalue weighted by molar-refractivity contribution is 0.952. The molecule has 0 nitrogen and oxygen atoms in total. The van der Waals surface area contributed by atoms with Gasteiger partial charge in [0, 0.05) is 11.8 Å². The van der Waals surface area contributed by atoms with Gasteiger partial charge in [0.25, 0.3) is 0 Å². The van der Waals surface area contributed by atoms with Crippen LogP contribution < -0.4 is 0 Å².